The largest absolute Gasteiger partial charge is 0.481 e. The molecular formula is C9H10N2O. The SMILES string of the molecule is C#Cc1ccc(OC)nc1CN. The molecule has 1 rings (SSSR count). The fourth-order valence-corrected chi connectivity index (χ4v) is 0.882. The van der Waals surface area contributed by atoms with Gasteiger partial charge in [0.05, 0.1) is 12.8 Å². The Morgan fingerprint density at radius 3 is 2.92 bits per heavy atom. The monoisotopic (exact) mass is 162 g/mol. The fourth-order valence-electron chi connectivity index (χ4n) is 0.882. The molecule has 12 heavy (non-hydrogen) atoms. The Labute approximate surface area is 71.6 Å². The van der Waals surface area contributed by atoms with E-state index in [1.165, 1.54) is 0 Å². The number of aromatic nitrogens is 1. The molecule has 0 saturated carbocycles. The molecule has 0 radical (unpaired) electrons. The van der Waals surface area contributed by atoms with Crippen molar-refractivity contribution in [2.24, 2.45) is 5.73 Å². The van der Waals surface area contributed by atoms with Gasteiger partial charge in [0.15, 0.2) is 0 Å². The average molecular weight is 162 g/mol. The summed E-state index contributed by atoms with van der Waals surface area (Å²) in [6.45, 7) is 0.330. The Kier molecular flexibility index (Phi) is 2.67. The van der Waals surface area contributed by atoms with Crippen molar-refractivity contribution in [3.8, 4) is 18.2 Å². The van der Waals surface area contributed by atoms with Crippen LogP contribution in [0, 0.1) is 12.3 Å². The highest BCUT2D eigenvalue weighted by atomic mass is 16.5. The standard InChI is InChI=1S/C9H10N2O/c1-3-7-4-5-9(12-2)11-8(7)6-10/h1,4-5H,6,10H2,2H3. The molecule has 62 valence electrons. The van der Waals surface area contributed by atoms with Gasteiger partial charge in [0.2, 0.25) is 5.88 Å². The molecule has 0 amide bonds. The first-order valence-corrected chi connectivity index (χ1v) is 3.52. The number of nitrogens with zero attached hydrogens (tertiary/aromatic N) is 1. The van der Waals surface area contributed by atoms with E-state index in [4.69, 9.17) is 16.9 Å². The van der Waals surface area contributed by atoms with E-state index in [0.29, 0.717) is 18.1 Å². The van der Waals surface area contributed by atoms with Crippen LogP contribution in [0.1, 0.15) is 11.3 Å². The Balaban J connectivity index is 3.13. The van der Waals surface area contributed by atoms with Gasteiger partial charge in [-0.25, -0.2) is 4.98 Å². The molecule has 3 heteroatoms. The summed E-state index contributed by atoms with van der Waals surface area (Å²) >= 11 is 0. The van der Waals surface area contributed by atoms with Crippen molar-refractivity contribution in [3.05, 3.63) is 23.4 Å². The van der Waals surface area contributed by atoms with E-state index in [-0.39, 0.29) is 0 Å². The zero-order chi connectivity index (χ0) is 8.97. The second-order valence-corrected chi connectivity index (χ2v) is 2.20. The summed E-state index contributed by atoms with van der Waals surface area (Å²) in [5.74, 6) is 3.04. The minimum absolute atomic E-state index is 0.330. The number of nitrogens with two attached hydrogens (primary N) is 1. The van der Waals surface area contributed by atoms with Gasteiger partial charge in [-0.3, -0.25) is 0 Å². The molecule has 0 aliphatic heterocycles. The highest BCUT2D eigenvalue weighted by molar-refractivity contribution is 5.38. The van der Waals surface area contributed by atoms with E-state index in [9.17, 15) is 0 Å². The molecule has 0 atom stereocenters. The van der Waals surface area contributed by atoms with Crippen LogP contribution >= 0.6 is 0 Å². The van der Waals surface area contributed by atoms with Crippen LogP contribution in [0.4, 0.5) is 0 Å². The topological polar surface area (TPSA) is 48.1 Å². The van der Waals surface area contributed by atoms with Gasteiger partial charge in [-0.2, -0.15) is 0 Å². The molecule has 0 fully saturated rings. The van der Waals surface area contributed by atoms with Gasteiger partial charge in [0, 0.05) is 18.2 Å². The third-order valence-electron chi connectivity index (χ3n) is 1.51. The Hall–Kier alpha value is -1.53. The minimum atomic E-state index is 0.330. The summed E-state index contributed by atoms with van der Waals surface area (Å²) in [4.78, 5) is 4.09. The maximum Gasteiger partial charge on any atom is 0.213 e. The third kappa shape index (κ3) is 1.55. The molecule has 0 spiro atoms. The molecule has 0 saturated heterocycles. The molecule has 1 heterocycles. The second kappa shape index (κ2) is 3.74. The minimum Gasteiger partial charge on any atom is -0.481 e. The smallest absolute Gasteiger partial charge is 0.213 e. The van der Waals surface area contributed by atoms with Gasteiger partial charge in [-0.15, -0.1) is 6.42 Å². The first-order valence-electron chi connectivity index (χ1n) is 3.52. The molecule has 1 aromatic rings. The van der Waals surface area contributed by atoms with Gasteiger partial charge in [0.1, 0.15) is 0 Å². The van der Waals surface area contributed by atoms with Crippen LogP contribution < -0.4 is 10.5 Å². The number of hydrogen-bond donors (Lipinski definition) is 1. The van der Waals surface area contributed by atoms with Gasteiger partial charge in [-0.05, 0) is 6.07 Å². The summed E-state index contributed by atoms with van der Waals surface area (Å²) in [5, 5.41) is 0. The Morgan fingerprint density at radius 2 is 2.42 bits per heavy atom. The van der Waals surface area contributed by atoms with Gasteiger partial charge in [0.25, 0.3) is 0 Å². The highest BCUT2D eigenvalue weighted by Gasteiger charge is 2.01. The molecular weight excluding hydrogens is 152 g/mol. The maximum absolute atomic E-state index is 5.44. The lowest BCUT2D eigenvalue weighted by atomic mass is 10.2. The summed E-state index contributed by atoms with van der Waals surface area (Å²) < 4.78 is 4.92. The van der Waals surface area contributed by atoms with Crippen molar-refractivity contribution in [2.45, 2.75) is 6.54 Å². The van der Waals surface area contributed by atoms with E-state index in [1.54, 1.807) is 19.2 Å². The predicted octanol–water partition coefficient (Wildman–Crippen LogP) is 0.530. The zero-order valence-corrected chi connectivity index (χ0v) is 6.87. The Morgan fingerprint density at radius 1 is 1.67 bits per heavy atom. The molecule has 0 aliphatic carbocycles. The number of methoxy groups -OCH3 is 1. The van der Waals surface area contributed by atoms with Crippen molar-refractivity contribution in [1.29, 1.82) is 0 Å². The lowest BCUT2D eigenvalue weighted by Crippen LogP contribution is -2.03. The van der Waals surface area contributed by atoms with Crippen LogP contribution in [-0.4, -0.2) is 12.1 Å². The van der Waals surface area contributed by atoms with Crippen molar-refractivity contribution in [2.75, 3.05) is 7.11 Å². The van der Waals surface area contributed by atoms with Gasteiger partial charge >= 0.3 is 0 Å². The van der Waals surface area contributed by atoms with Crippen LogP contribution in [-0.2, 0) is 6.54 Å². The number of pyridine rings is 1. The summed E-state index contributed by atoms with van der Waals surface area (Å²) in [6.07, 6.45) is 5.23. The summed E-state index contributed by atoms with van der Waals surface area (Å²) in [5.41, 5.74) is 6.85. The Bertz CT molecular complexity index is 315. The van der Waals surface area contributed by atoms with Crippen LogP contribution in [0.15, 0.2) is 12.1 Å². The van der Waals surface area contributed by atoms with Gasteiger partial charge < -0.3 is 10.5 Å². The molecule has 0 unspecified atom stereocenters. The lowest BCUT2D eigenvalue weighted by Gasteiger charge is -2.03. The first kappa shape index (κ1) is 8.57. The summed E-state index contributed by atoms with van der Waals surface area (Å²) in [7, 11) is 1.55. The maximum atomic E-state index is 5.44. The van der Waals surface area contributed by atoms with E-state index in [0.717, 1.165) is 5.56 Å². The van der Waals surface area contributed by atoms with Crippen molar-refractivity contribution in [1.82, 2.24) is 4.98 Å². The molecule has 1 aromatic heterocycles. The van der Waals surface area contributed by atoms with Crippen molar-refractivity contribution in [3.63, 3.8) is 0 Å². The predicted molar refractivity (Wildman–Crippen MR) is 46.6 cm³/mol. The lowest BCUT2D eigenvalue weighted by molar-refractivity contribution is 0.396. The van der Waals surface area contributed by atoms with Crippen LogP contribution in [0.5, 0.6) is 5.88 Å². The molecule has 2 N–H and O–H groups in total. The quantitative estimate of drug-likeness (QED) is 0.645. The fraction of sp³-hybridized carbons (Fsp3) is 0.222. The molecule has 0 aliphatic rings. The van der Waals surface area contributed by atoms with E-state index >= 15 is 0 Å². The number of terminal acetylenes is 1. The summed E-state index contributed by atoms with van der Waals surface area (Å²) in [6, 6.07) is 3.49. The molecule has 0 aromatic carbocycles. The van der Waals surface area contributed by atoms with Crippen LogP contribution in [0.2, 0.25) is 0 Å². The first-order chi connectivity index (χ1) is 5.81. The van der Waals surface area contributed by atoms with E-state index in [2.05, 4.69) is 10.9 Å². The second-order valence-electron chi connectivity index (χ2n) is 2.20. The van der Waals surface area contributed by atoms with Crippen molar-refractivity contribution >= 4 is 0 Å². The third-order valence-corrected chi connectivity index (χ3v) is 1.51. The van der Waals surface area contributed by atoms with Gasteiger partial charge in [-0.1, -0.05) is 5.92 Å². The highest BCUT2D eigenvalue weighted by Crippen LogP contribution is 2.10. The number of hydrogen-bond acceptors (Lipinski definition) is 3. The average Bonchev–Trinajstić information content (AvgIpc) is 2.16. The van der Waals surface area contributed by atoms with Crippen LogP contribution in [0.3, 0.4) is 0 Å². The van der Waals surface area contributed by atoms with Crippen molar-refractivity contribution < 1.29 is 4.74 Å². The normalized spacial score (nSPS) is 9.08. The molecule has 3 nitrogen and oxygen atoms in total. The van der Waals surface area contributed by atoms with E-state index in [1.807, 2.05) is 0 Å². The zero-order valence-electron chi connectivity index (χ0n) is 6.87. The molecule has 0 bridgehead atoms. The number of ether oxygens (including phenoxy) is 1. The van der Waals surface area contributed by atoms with Crippen LogP contribution in [0.25, 0.3) is 0 Å². The number of rotatable bonds is 2. The van der Waals surface area contributed by atoms with E-state index < -0.39 is 0 Å².